The Morgan fingerprint density at radius 1 is 0.481 bits per heavy atom. The molecule has 13 rings (SSSR count). The van der Waals surface area contributed by atoms with Crippen LogP contribution in [0.25, 0.3) is 72.1 Å². The van der Waals surface area contributed by atoms with Gasteiger partial charge >= 0.3 is 0 Å². The fourth-order valence-corrected chi connectivity index (χ4v) is 10.4. The Kier molecular flexibility index (Phi) is 11.2. The zero-order valence-electron chi connectivity index (χ0n) is 55.3. The molecule has 0 spiro atoms. The number of pyridine rings is 1. The van der Waals surface area contributed by atoms with Crippen molar-refractivity contribution in [1.82, 2.24) is 9.55 Å². The van der Waals surface area contributed by atoms with Crippen LogP contribution in [-0.4, -0.2) is 9.55 Å². The first kappa shape index (κ1) is 42.0. The number of para-hydroxylation sites is 3. The molecule has 81 heavy (non-hydrogen) atoms. The van der Waals surface area contributed by atoms with Gasteiger partial charge in [0.15, 0.2) is 0 Å². The van der Waals surface area contributed by atoms with Crippen LogP contribution in [0.4, 0.5) is 22.7 Å². The Labute approximate surface area is 503 Å². The van der Waals surface area contributed by atoms with Crippen molar-refractivity contribution >= 4 is 44.6 Å². The van der Waals surface area contributed by atoms with Gasteiger partial charge in [0.2, 0.25) is 0 Å². The molecule has 10 aromatic carbocycles. The molecule has 1 aliphatic rings. The Morgan fingerprint density at radius 2 is 1.06 bits per heavy atom. The molecule has 0 saturated heterocycles. The van der Waals surface area contributed by atoms with Gasteiger partial charge in [-0.3, -0.25) is 0 Å². The SMILES string of the molecule is [2H]c1c([2H])c([2H])c(-c2cccc(-c3c([2H])c([2H])c([2H])c([2H])c3[2H])c2N2[CH-]N(c3[c-]c(Oc4[c-]c5c(cc4)c4cc(C(C)(C)C)ccc4n5-c4cc(Oc5c(-c6ccccc6)cc(C(C)(C)C)cc5-c5ccccc5)ccn4)ccc3)c3ccccc32)c([2H])c1[2H].[Pt]. The third-order valence-electron chi connectivity index (χ3n) is 14.5. The molecule has 2 aromatic heterocycles. The summed E-state index contributed by atoms with van der Waals surface area (Å²) in [7, 11) is 0. The Balaban J connectivity index is 0.00000800. The fraction of sp³-hybridized carbons (Fsp3) is 0.108. The molecule has 400 valence electrons. The average Bonchev–Trinajstić information content (AvgIpc) is 1.73. The number of benzene rings is 10. The molecule has 0 amide bonds. The summed E-state index contributed by atoms with van der Waals surface area (Å²) in [6, 6.07) is 58.9. The van der Waals surface area contributed by atoms with Gasteiger partial charge in [-0.25, -0.2) is 4.98 Å². The Bertz CT molecular complexity index is 4670. The van der Waals surface area contributed by atoms with E-state index in [1.165, 1.54) is 5.56 Å². The summed E-state index contributed by atoms with van der Waals surface area (Å²) < 4.78 is 104. The second-order valence-corrected chi connectivity index (χ2v) is 21.8. The third-order valence-corrected chi connectivity index (χ3v) is 14.5. The molecule has 12 aromatic rings. The van der Waals surface area contributed by atoms with Crippen LogP contribution in [0.15, 0.2) is 243 Å². The van der Waals surface area contributed by atoms with Crippen LogP contribution in [0.1, 0.15) is 66.4 Å². The molecule has 0 atom stereocenters. The zero-order chi connectivity index (χ0) is 63.2. The first-order valence-corrected chi connectivity index (χ1v) is 26.5. The van der Waals surface area contributed by atoms with Gasteiger partial charge in [0.25, 0.3) is 0 Å². The van der Waals surface area contributed by atoms with Gasteiger partial charge in [-0.15, -0.1) is 48.1 Å². The molecular weight excluding hydrogens is 1170 g/mol. The Morgan fingerprint density at radius 3 is 1.68 bits per heavy atom. The van der Waals surface area contributed by atoms with Gasteiger partial charge in [0.05, 0.1) is 13.7 Å². The van der Waals surface area contributed by atoms with E-state index in [4.69, 9.17) is 28.2 Å². The van der Waals surface area contributed by atoms with Gasteiger partial charge in [0, 0.05) is 89.7 Å². The number of ether oxygens (including phenoxy) is 2. The van der Waals surface area contributed by atoms with Crippen LogP contribution in [0.5, 0.6) is 23.0 Å². The summed E-state index contributed by atoms with van der Waals surface area (Å²) in [6.07, 6.45) is 1.76. The number of hydrogen-bond acceptors (Lipinski definition) is 5. The first-order chi connectivity index (χ1) is 43.1. The van der Waals surface area contributed by atoms with E-state index in [1.54, 1.807) is 42.0 Å². The minimum atomic E-state index is -0.573. The van der Waals surface area contributed by atoms with Crippen LogP contribution in [0.2, 0.25) is 0 Å². The largest absolute Gasteiger partial charge is 0.509 e. The second-order valence-electron chi connectivity index (χ2n) is 21.8. The molecule has 0 bridgehead atoms. The maximum atomic E-state index is 9.12. The molecule has 0 unspecified atom stereocenters. The summed E-state index contributed by atoms with van der Waals surface area (Å²) in [5, 5.41) is 1.94. The molecule has 6 nitrogen and oxygen atoms in total. The van der Waals surface area contributed by atoms with Gasteiger partial charge in [-0.1, -0.05) is 211 Å². The first-order valence-electron chi connectivity index (χ1n) is 31.5. The van der Waals surface area contributed by atoms with E-state index in [9.17, 15) is 0 Å². The molecule has 7 heteroatoms. The van der Waals surface area contributed by atoms with Crippen molar-refractivity contribution in [1.29, 1.82) is 0 Å². The maximum absolute atomic E-state index is 9.12. The normalized spacial score (nSPS) is 14.1. The molecule has 0 N–H and O–H groups in total. The number of aromatic nitrogens is 2. The topological polar surface area (TPSA) is 42.8 Å². The van der Waals surface area contributed by atoms with Gasteiger partial charge < -0.3 is 23.8 Å². The minimum Gasteiger partial charge on any atom is -0.509 e. The van der Waals surface area contributed by atoms with Crippen molar-refractivity contribution in [3.8, 4) is 73.3 Å². The monoisotopic (exact) mass is 1240 g/mol. The van der Waals surface area contributed by atoms with Crippen LogP contribution < -0.4 is 19.3 Å². The quantitative estimate of drug-likeness (QED) is 0.121. The molecule has 0 aliphatic carbocycles. The van der Waals surface area contributed by atoms with Crippen LogP contribution in [0, 0.1) is 18.8 Å². The van der Waals surface area contributed by atoms with E-state index in [0.717, 1.165) is 44.1 Å². The van der Waals surface area contributed by atoms with Crippen molar-refractivity contribution in [3.05, 3.63) is 272 Å². The molecule has 3 heterocycles. The summed E-state index contributed by atoms with van der Waals surface area (Å²) in [5.41, 5.74) is 9.64. The van der Waals surface area contributed by atoms with Crippen molar-refractivity contribution in [2.75, 3.05) is 9.80 Å². The number of rotatable bonds is 11. The zero-order valence-corrected chi connectivity index (χ0v) is 47.6. The van der Waals surface area contributed by atoms with Gasteiger partial charge in [-0.05, 0) is 86.0 Å². The number of anilines is 4. The van der Waals surface area contributed by atoms with Crippen molar-refractivity contribution in [3.63, 3.8) is 0 Å². The van der Waals surface area contributed by atoms with E-state index in [1.807, 2.05) is 102 Å². The smallest absolute Gasteiger partial charge is 0.143 e. The standard InChI is InChI=1S/C74H59N4O2.Pt/c1-73(2,3)54-37-40-66-65(43-54)62-39-38-58(47-69(62)78(66)70-48-59(41-42-75-70)80-72-63(52-27-15-9-16-28-52)44-55(74(4,5)6)45-64(72)53-29-17-10-18-30-53)79-57-32-21-31-56(46-57)76-49-77(68-36-20-19-35-67(68)76)71-60(50-23-11-7-12-24-50)33-22-34-61(71)51-25-13-8-14-26-51;/h7-45,48-49H,1-6H3;/q-3;/i7D,8D,11D,12D,13D,14D,23D,24D,25D,26D;. The molecular formula is C74H59N4O2Pt-3. The van der Waals surface area contributed by atoms with Crippen molar-refractivity contribution < 1.29 is 44.2 Å². The third kappa shape index (κ3) is 10.2. The van der Waals surface area contributed by atoms with E-state index in [2.05, 4.69) is 113 Å². The van der Waals surface area contributed by atoms with E-state index in [0.29, 0.717) is 51.4 Å². The average molecular weight is 1240 g/mol. The van der Waals surface area contributed by atoms with E-state index < -0.39 is 60.4 Å². The van der Waals surface area contributed by atoms with Crippen LogP contribution in [0.3, 0.4) is 0 Å². The fourth-order valence-electron chi connectivity index (χ4n) is 10.4. The van der Waals surface area contributed by atoms with Crippen molar-refractivity contribution in [2.24, 2.45) is 0 Å². The van der Waals surface area contributed by atoms with Crippen LogP contribution >= 0.6 is 0 Å². The molecule has 1 aliphatic heterocycles. The Hall–Kier alpha value is -8.96. The summed E-state index contributed by atoms with van der Waals surface area (Å²) in [4.78, 5) is 8.62. The number of hydrogen-bond donors (Lipinski definition) is 0. The molecule has 0 saturated carbocycles. The number of nitrogens with zero attached hydrogens (tertiary/aromatic N) is 4. The van der Waals surface area contributed by atoms with Gasteiger partial charge in [0.1, 0.15) is 17.3 Å². The maximum Gasteiger partial charge on any atom is 0.143 e. The number of fused-ring (bicyclic) bond motifs is 4. The second kappa shape index (κ2) is 21.6. The van der Waals surface area contributed by atoms with E-state index >= 15 is 0 Å². The van der Waals surface area contributed by atoms with Crippen LogP contribution in [-0.2, 0) is 31.9 Å². The molecule has 0 radical (unpaired) electrons. The summed E-state index contributed by atoms with van der Waals surface area (Å²) in [6.45, 7) is 15.0. The summed E-state index contributed by atoms with van der Waals surface area (Å²) >= 11 is 0. The van der Waals surface area contributed by atoms with Crippen molar-refractivity contribution in [2.45, 2.75) is 52.4 Å². The predicted molar refractivity (Wildman–Crippen MR) is 330 cm³/mol. The van der Waals surface area contributed by atoms with E-state index in [-0.39, 0.29) is 59.8 Å². The minimum absolute atomic E-state index is 0. The summed E-state index contributed by atoms with van der Waals surface area (Å²) in [5.74, 6) is 2.64. The van der Waals surface area contributed by atoms with Gasteiger partial charge in [-0.2, -0.15) is 12.1 Å². The predicted octanol–water partition coefficient (Wildman–Crippen LogP) is 20.0. The molecule has 0 fully saturated rings.